The fourth-order valence-electron chi connectivity index (χ4n) is 4.47. The molecule has 2 aromatic carbocycles. The summed E-state index contributed by atoms with van der Waals surface area (Å²) in [6, 6.07) is 18.4. The summed E-state index contributed by atoms with van der Waals surface area (Å²) < 4.78 is 10.9. The number of nitrogens with zero attached hydrogens (tertiary/aromatic N) is 1. The molecule has 8 heteroatoms. The molecule has 0 aromatic heterocycles. The van der Waals surface area contributed by atoms with Crippen molar-refractivity contribution in [3.05, 3.63) is 71.8 Å². The lowest BCUT2D eigenvalue weighted by Crippen LogP contribution is -2.56. The topological polar surface area (TPSA) is 84.9 Å². The molecule has 38 heavy (non-hydrogen) atoms. The Hall–Kier alpha value is -2.84. The molecule has 1 amide bonds. The van der Waals surface area contributed by atoms with E-state index in [4.69, 9.17) is 9.47 Å². The molecule has 3 unspecified atom stereocenters. The number of nitrogens with one attached hydrogen (secondary N) is 1. The zero-order chi connectivity index (χ0) is 27.5. The van der Waals surface area contributed by atoms with Gasteiger partial charge in [-0.05, 0) is 58.1 Å². The molecule has 1 N–H and O–H groups in total. The summed E-state index contributed by atoms with van der Waals surface area (Å²) in [5.74, 6) is 0.160. The first-order chi connectivity index (χ1) is 18.2. The van der Waals surface area contributed by atoms with Crippen molar-refractivity contribution < 1.29 is 23.9 Å². The SMILES string of the molecule is CCOC(=O)C(CCc1ccccc1)NC1CSCC(Cc2ccccc2)N(CC(=O)OC(C)(C)C)C1=O. The second-order valence-corrected chi connectivity index (χ2v) is 11.6. The van der Waals surface area contributed by atoms with Crippen LogP contribution in [0.4, 0.5) is 0 Å². The number of carbonyl (C=O) groups is 3. The Labute approximate surface area is 230 Å². The van der Waals surface area contributed by atoms with Crippen LogP contribution in [-0.2, 0) is 36.7 Å². The first kappa shape index (κ1) is 29.7. The van der Waals surface area contributed by atoms with Crippen LogP contribution >= 0.6 is 11.8 Å². The number of aryl methyl sites for hydroxylation is 1. The molecule has 1 saturated heterocycles. The summed E-state index contributed by atoms with van der Waals surface area (Å²) in [6.45, 7) is 7.34. The van der Waals surface area contributed by atoms with Crippen LogP contribution in [0.3, 0.4) is 0 Å². The number of hydrogen-bond acceptors (Lipinski definition) is 7. The maximum absolute atomic E-state index is 13.9. The first-order valence-electron chi connectivity index (χ1n) is 13.3. The van der Waals surface area contributed by atoms with Crippen molar-refractivity contribution in [3.8, 4) is 0 Å². The number of ether oxygens (including phenoxy) is 2. The van der Waals surface area contributed by atoms with E-state index in [0.717, 1.165) is 11.1 Å². The van der Waals surface area contributed by atoms with Gasteiger partial charge in [-0.1, -0.05) is 60.7 Å². The highest BCUT2D eigenvalue weighted by Crippen LogP contribution is 2.23. The molecule has 1 aliphatic rings. The van der Waals surface area contributed by atoms with Crippen LogP contribution in [0.25, 0.3) is 0 Å². The number of thioether (sulfide) groups is 1. The number of benzene rings is 2. The third-order valence-corrected chi connectivity index (χ3v) is 7.38. The summed E-state index contributed by atoms with van der Waals surface area (Å²) in [6.07, 6.45) is 1.80. The summed E-state index contributed by atoms with van der Waals surface area (Å²) in [5.41, 5.74) is 1.55. The number of rotatable bonds is 11. The maximum Gasteiger partial charge on any atom is 0.326 e. The molecular weight excluding hydrogens is 500 g/mol. The Bertz CT molecular complexity index is 1040. The predicted octanol–water partition coefficient (Wildman–Crippen LogP) is 4.04. The van der Waals surface area contributed by atoms with Gasteiger partial charge in [-0.3, -0.25) is 19.7 Å². The van der Waals surface area contributed by atoms with Gasteiger partial charge in [-0.15, -0.1) is 0 Å². The zero-order valence-corrected chi connectivity index (χ0v) is 23.7. The Balaban J connectivity index is 1.80. The van der Waals surface area contributed by atoms with Crippen LogP contribution in [0.2, 0.25) is 0 Å². The van der Waals surface area contributed by atoms with Gasteiger partial charge >= 0.3 is 11.9 Å². The average molecular weight is 541 g/mol. The largest absolute Gasteiger partial charge is 0.465 e. The molecule has 206 valence electrons. The lowest BCUT2D eigenvalue weighted by atomic mass is 10.0. The van der Waals surface area contributed by atoms with Gasteiger partial charge in [-0.25, -0.2) is 0 Å². The predicted molar refractivity (Wildman–Crippen MR) is 151 cm³/mol. The molecule has 0 radical (unpaired) electrons. The normalized spacial score (nSPS) is 18.9. The fraction of sp³-hybridized carbons (Fsp3) is 0.500. The van der Waals surface area contributed by atoms with Gasteiger partial charge in [0.2, 0.25) is 5.91 Å². The van der Waals surface area contributed by atoms with E-state index in [2.05, 4.69) is 5.32 Å². The van der Waals surface area contributed by atoms with Crippen molar-refractivity contribution in [1.29, 1.82) is 0 Å². The minimum Gasteiger partial charge on any atom is -0.465 e. The molecular formula is C30H40N2O5S. The second kappa shape index (κ2) is 14.4. The van der Waals surface area contributed by atoms with Gasteiger partial charge in [0.05, 0.1) is 12.6 Å². The third-order valence-electron chi connectivity index (χ3n) is 6.19. The van der Waals surface area contributed by atoms with Crippen LogP contribution in [0.1, 0.15) is 45.2 Å². The van der Waals surface area contributed by atoms with E-state index in [1.807, 2.05) is 81.4 Å². The van der Waals surface area contributed by atoms with Crippen molar-refractivity contribution in [2.45, 2.75) is 70.7 Å². The molecule has 2 aromatic rings. The fourth-order valence-corrected chi connectivity index (χ4v) is 5.65. The van der Waals surface area contributed by atoms with Crippen molar-refractivity contribution in [3.63, 3.8) is 0 Å². The summed E-state index contributed by atoms with van der Waals surface area (Å²) in [7, 11) is 0. The summed E-state index contributed by atoms with van der Waals surface area (Å²) >= 11 is 1.65. The highest BCUT2D eigenvalue weighted by atomic mass is 32.2. The molecule has 1 aliphatic heterocycles. The van der Waals surface area contributed by atoms with Crippen LogP contribution < -0.4 is 5.32 Å². The van der Waals surface area contributed by atoms with Crippen molar-refractivity contribution in [2.75, 3.05) is 24.7 Å². The highest BCUT2D eigenvalue weighted by molar-refractivity contribution is 7.99. The van der Waals surface area contributed by atoms with E-state index in [0.29, 0.717) is 30.8 Å². The van der Waals surface area contributed by atoms with Crippen LogP contribution in [-0.4, -0.2) is 71.1 Å². The lowest BCUT2D eigenvalue weighted by molar-refractivity contribution is -0.160. The smallest absolute Gasteiger partial charge is 0.326 e. The van der Waals surface area contributed by atoms with E-state index in [-0.39, 0.29) is 31.1 Å². The van der Waals surface area contributed by atoms with E-state index >= 15 is 0 Å². The zero-order valence-electron chi connectivity index (χ0n) is 22.9. The van der Waals surface area contributed by atoms with Gasteiger partial charge in [0, 0.05) is 17.5 Å². The van der Waals surface area contributed by atoms with Crippen molar-refractivity contribution in [2.24, 2.45) is 0 Å². The quantitative estimate of drug-likeness (QED) is 0.431. The molecule has 0 bridgehead atoms. The Morgan fingerprint density at radius 2 is 1.66 bits per heavy atom. The molecule has 3 atom stereocenters. The minimum atomic E-state index is -0.653. The number of carbonyl (C=O) groups excluding carboxylic acids is 3. The monoisotopic (exact) mass is 540 g/mol. The van der Waals surface area contributed by atoms with E-state index in [1.54, 1.807) is 23.6 Å². The number of hydrogen-bond donors (Lipinski definition) is 1. The number of amides is 1. The molecule has 0 saturated carbocycles. The third kappa shape index (κ3) is 9.48. The van der Waals surface area contributed by atoms with Crippen LogP contribution in [0.5, 0.6) is 0 Å². The van der Waals surface area contributed by atoms with E-state index in [1.165, 1.54) is 0 Å². The standard InChI is InChI=1S/C30H40N2O5S/c1-5-36-29(35)25(17-16-22-12-8-6-9-13-22)31-26-21-38-20-24(18-23-14-10-7-11-15-23)32(28(26)34)19-27(33)37-30(2,3)4/h6-15,24-26,31H,5,16-21H2,1-4H3. The van der Waals surface area contributed by atoms with Crippen LogP contribution in [0.15, 0.2) is 60.7 Å². The molecule has 0 aliphatic carbocycles. The van der Waals surface area contributed by atoms with Gasteiger partial charge in [0.15, 0.2) is 0 Å². The lowest BCUT2D eigenvalue weighted by Gasteiger charge is -2.33. The molecule has 0 spiro atoms. The summed E-state index contributed by atoms with van der Waals surface area (Å²) in [4.78, 5) is 41.3. The van der Waals surface area contributed by atoms with Crippen LogP contribution in [0, 0.1) is 0 Å². The first-order valence-corrected chi connectivity index (χ1v) is 14.4. The summed E-state index contributed by atoms with van der Waals surface area (Å²) in [5, 5.41) is 3.30. The minimum absolute atomic E-state index is 0.138. The maximum atomic E-state index is 13.9. The average Bonchev–Trinajstić information content (AvgIpc) is 3.01. The Morgan fingerprint density at radius 1 is 1.03 bits per heavy atom. The molecule has 1 fully saturated rings. The molecule has 7 nitrogen and oxygen atoms in total. The van der Waals surface area contributed by atoms with Gasteiger partial charge in [0.25, 0.3) is 0 Å². The Kier molecular flexibility index (Phi) is 11.2. The molecule has 1 heterocycles. The van der Waals surface area contributed by atoms with Crippen molar-refractivity contribution >= 4 is 29.6 Å². The van der Waals surface area contributed by atoms with E-state index in [9.17, 15) is 14.4 Å². The van der Waals surface area contributed by atoms with E-state index < -0.39 is 23.7 Å². The number of esters is 2. The highest BCUT2D eigenvalue weighted by Gasteiger charge is 2.37. The van der Waals surface area contributed by atoms with Gasteiger partial charge in [-0.2, -0.15) is 11.8 Å². The Morgan fingerprint density at radius 3 is 2.26 bits per heavy atom. The van der Waals surface area contributed by atoms with Crippen molar-refractivity contribution in [1.82, 2.24) is 10.2 Å². The van der Waals surface area contributed by atoms with Gasteiger partial charge < -0.3 is 14.4 Å². The second-order valence-electron chi connectivity index (χ2n) is 10.5. The molecule has 3 rings (SSSR count). The van der Waals surface area contributed by atoms with Gasteiger partial charge in [0.1, 0.15) is 18.2 Å².